The summed E-state index contributed by atoms with van der Waals surface area (Å²) in [5.41, 5.74) is -0.357. The maximum Gasteiger partial charge on any atom is 0.331 e. The molecule has 0 amide bonds. The van der Waals surface area contributed by atoms with Crippen molar-refractivity contribution in [2.75, 3.05) is 6.61 Å². The van der Waals surface area contributed by atoms with E-state index in [-0.39, 0.29) is 5.56 Å². The zero-order chi connectivity index (χ0) is 13.2. The summed E-state index contributed by atoms with van der Waals surface area (Å²) in [6.45, 7) is 7.23. The van der Waals surface area contributed by atoms with Crippen LogP contribution in [-0.4, -0.2) is 17.1 Å². The van der Waals surface area contributed by atoms with Crippen molar-refractivity contribution in [3.63, 3.8) is 0 Å². The Bertz CT molecular complexity index is 491. The van der Waals surface area contributed by atoms with Gasteiger partial charge in [0, 0.05) is 6.20 Å². The number of hydrogen-bond donors (Lipinski definition) is 0. The van der Waals surface area contributed by atoms with E-state index >= 15 is 0 Å². The van der Waals surface area contributed by atoms with Crippen molar-refractivity contribution in [3.8, 4) is 0 Å². The molecule has 0 aliphatic rings. The van der Waals surface area contributed by atoms with Gasteiger partial charge in [0.2, 0.25) is 0 Å². The summed E-state index contributed by atoms with van der Waals surface area (Å²) >= 11 is 3.19. The van der Waals surface area contributed by atoms with Gasteiger partial charge in [-0.2, -0.15) is 0 Å². The number of carbonyl (C=O) groups is 1. The first-order valence-corrected chi connectivity index (χ1v) is 6.16. The number of aromatic nitrogens is 1. The number of ether oxygens (including phenoxy) is 1. The number of hydrogen-bond acceptors (Lipinski definition) is 3. The lowest BCUT2D eigenvalue weighted by Crippen LogP contribution is -2.43. The largest absolute Gasteiger partial charge is 0.464 e. The normalized spacial score (nSPS) is 11.4. The molecular weight excluding hydrogens is 286 g/mol. The highest BCUT2D eigenvalue weighted by molar-refractivity contribution is 9.10. The first kappa shape index (κ1) is 14.0. The topological polar surface area (TPSA) is 48.3 Å². The van der Waals surface area contributed by atoms with Gasteiger partial charge < -0.3 is 4.74 Å². The van der Waals surface area contributed by atoms with Crippen molar-refractivity contribution in [2.45, 2.75) is 33.2 Å². The Kier molecular flexibility index (Phi) is 4.14. The first-order chi connectivity index (χ1) is 7.80. The minimum absolute atomic E-state index is 0.242. The summed E-state index contributed by atoms with van der Waals surface area (Å²) in [4.78, 5) is 23.8. The highest BCUT2D eigenvalue weighted by atomic mass is 79.9. The molecule has 0 spiro atoms. The lowest BCUT2D eigenvalue weighted by molar-refractivity contribution is -0.152. The molecule has 0 aliphatic heterocycles. The molecule has 94 valence electrons. The highest BCUT2D eigenvalue weighted by Crippen LogP contribution is 2.17. The van der Waals surface area contributed by atoms with Crippen LogP contribution in [0.2, 0.25) is 0 Å². The Morgan fingerprint density at radius 2 is 2.12 bits per heavy atom. The van der Waals surface area contributed by atoms with Crippen molar-refractivity contribution >= 4 is 21.9 Å². The molecule has 0 fully saturated rings. The Morgan fingerprint density at radius 3 is 2.65 bits per heavy atom. The quantitative estimate of drug-likeness (QED) is 0.804. The highest BCUT2D eigenvalue weighted by Gasteiger charge is 2.32. The minimum Gasteiger partial charge on any atom is -0.464 e. The summed E-state index contributed by atoms with van der Waals surface area (Å²) in [5, 5.41) is 0. The average molecular weight is 302 g/mol. The summed E-state index contributed by atoms with van der Waals surface area (Å²) < 4.78 is 6.81. The second-order valence-corrected chi connectivity index (χ2v) is 5.17. The van der Waals surface area contributed by atoms with Crippen LogP contribution in [0.4, 0.5) is 0 Å². The fourth-order valence-electron chi connectivity index (χ4n) is 1.50. The lowest BCUT2D eigenvalue weighted by atomic mass is 10.1. The summed E-state index contributed by atoms with van der Waals surface area (Å²) in [6.07, 6.45) is 1.66. The molecule has 0 aliphatic carbocycles. The van der Waals surface area contributed by atoms with Gasteiger partial charge >= 0.3 is 5.97 Å². The van der Waals surface area contributed by atoms with Gasteiger partial charge in [0.1, 0.15) is 5.54 Å². The molecule has 0 bridgehead atoms. The average Bonchev–Trinajstić information content (AvgIpc) is 2.23. The Labute approximate surface area is 109 Å². The molecule has 0 aromatic carbocycles. The van der Waals surface area contributed by atoms with Crippen LogP contribution in [-0.2, 0) is 15.1 Å². The van der Waals surface area contributed by atoms with Crippen molar-refractivity contribution in [1.82, 2.24) is 4.57 Å². The Hall–Kier alpha value is -1.10. The summed E-state index contributed by atoms with van der Waals surface area (Å²) in [5.74, 6) is -0.417. The van der Waals surface area contributed by atoms with Gasteiger partial charge in [-0.3, -0.25) is 9.36 Å². The van der Waals surface area contributed by atoms with Gasteiger partial charge in [-0.1, -0.05) is 0 Å². The van der Waals surface area contributed by atoms with E-state index in [1.165, 1.54) is 4.57 Å². The SMILES string of the molecule is CCOC(=O)C(C)(C)n1cc(C)cc(Br)c1=O. The third-order valence-electron chi connectivity index (χ3n) is 2.49. The van der Waals surface area contributed by atoms with Gasteiger partial charge in [-0.05, 0) is 55.3 Å². The van der Waals surface area contributed by atoms with Gasteiger partial charge in [0.15, 0.2) is 0 Å². The van der Waals surface area contributed by atoms with Crippen LogP contribution in [0.1, 0.15) is 26.3 Å². The fourth-order valence-corrected chi connectivity index (χ4v) is 2.05. The van der Waals surface area contributed by atoms with E-state index in [9.17, 15) is 9.59 Å². The molecule has 1 heterocycles. The van der Waals surface area contributed by atoms with Crippen molar-refractivity contribution < 1.29 is 9.53 Å². The molecular formula is C12H16BrNO3. The predicted molar refractivity (Wildman–Crippen MR) is 69.1 cm³/mol. The molecule has 0 atom stereocenters. The van der Waals surface area contributed by atoms with E-state index < -0.39 is 11.5 Å². The number of esters is 1. The maximum atomic E-state index is 12.0. The van der Waals surface area contributed by atoms with Crippen LogP contribution in [0.5, 0.6) is 0 Å². The van der Waals surface area contributed by atoms with Gasteiger partial charge in [0.25, 0.3) is 5.56 Å². The van der Waals surface area contributed by atoms with Crippen LogP contribution >= 0.6 is 15.9 Å². The first-order valence-electron chi connectivity index (χ1n) is 5.37. The second-order valence-electron chi connectivity index (χ2n) is 4.32. The molecule has 0 N–H and O–H groups in total. The van der Waals surface area contributed by atoms with E-state index in [1.54, 1.807) is 33.0 Å². The zero-order valence-corrected chi connectivity index (χ0v) is 12.0. The van der Waals surface area contributed by atoms with Gasteiger partial charge in [0.05, 0.1) is 11.1 Å². The zero-order valence-electron chi connectivity index (χ0n) is 10.4. The summed E-state index contributed by atoms with van der Waals surface area (Å²) in [7, 11) is 0. The molecule has 1 rings (SSSR count). The molecule has 0 radical (unpaired) electrons. The van der Waals surface area contributed by atoms with Crippen LogP contribution in [0.15, 0.2) is 21.5 Å². The van der Waals surface area contributed by atoms with Crippen LogP contribution in [0.25, 0.3) is 0 Å². The minimum atomic E-state index is -1.01. The van der Waals surface area contributed by atoms with E-state index in [4.69, 9.17) is 4.74 Å². The van der Waals surface area contributed by atoms with E-state index in [0.29, 0.717) is 11.1 Å². The number of pyridine rings is 1. The molecule has 4 nitrogen and oxygen atoms in total. The van der Waals surface area contributed by atoms with Crippen LogP contribution in [0.3, 0.4) is 0 Å². The lowest BCUT2D eigenvalue weighted by Gasteiger charge is -2.25. The summed E-state index contributed by atoms with van der Waals surface area (Å²) in [6, 6.07) is 1.72. The second kappa shape index (κ2) is 5.04. The third kappa shape index (κ3) is 2.77. The van der Waals surface area contributed by atoms with E-state index in [2.05, 4.69) is 15.9 Å². The van der Waals surface area contributed by atoms with Crippen molar-refractivity contribution in [3.05, 3.63) is 32.7 Å². The van der Waals surface area contributed by atoms with E-state index in [0.717, 1.165) is 5.56 Å². The van der Waals surface area contributed by atoms with Gasteiger partial charge in [-0.15, -0.1) is 0 Å². The third-order valence-corrected chi connectivity index (χ3v) is 3.06. The number of carbonyl (C=O) groups excluding carboxylic acids is 1. The number of rotatable bonds is 3. The monoisotopic (exact) mass is 301 g/mol. The number of nitrogens with zero attached hydrogens (tertiary/aromatic N) is 1. The smallest absolute Gasteiger partial charge is 0.331 e. The standard InChI is InChI=1S/C12H16BrNO3/c1-5-17-11(16)12(3,4)14-7-8(2)6-9(13)10(14)15/h6-7H,5H2,1-4H3. The predicted octanol–water partition coefficient (Wildman–Crippen LogP) is 2.22. The molecule has 0 unspecified atom stereocenters. The molecule has 0 saturated heterocycles. The van der Waals surface area contributed by atoms with Crippen LogP contribution in [0, 0.1) is 6.92 Å². The molecule has 1 aromatic rings. The van der Waals surface area contributed by atoms with Gasteiger partial charge in [-0.25, -0.2) is 4.79 Å². The Morgan fingerprint density at radius 1 is 1.53 bits per heavy atom. The number of halogens is 1. The molecule has 5 heteroatoms. The number of aryl methyl sites for hydroxylation is 1. The fraction of sp³-hybridized carbons (Fsp3) is 0.500. The van der Waals surface area contributed by atoms with Crippen molar-refractivity contribution in [1.29, 1.82) is 0 Å². The molecule has 17 heavy (non-hydrogen) atoms. The Balaban J connectivity index is 3.33. The molecule has 1 aromatic heterocycles. The molecule has 0 saturated carbocycles. The van der Waals surface area contributed by atoms with E-state index in [1.807, 2.05) is 6.92 Å². The van der Waals surface area contributed by atoms with Crippen LogP contribution < -0.4 is 5.56 Å². The van der Waals surface area contributed by atoms with Crippen molar-refractivity contribution in [2.24, 2.45) is 0 Å². The maximum absolute atomic E-state index is 12.0.